The van der Waals surface area contributed by atoms with E-state index in [0.29, 0.717) is 18.4 Å². The molecule has 1 aromatic rings. The van der Waals surface area contributed by atoms with Crippen molar-refractivity contribution in [3.63, 3.8) is 0 Å². The SMILES string of the molecule is O=C1C2CC=CCC2C(=O)N1Cc1cccc(F)c1. The van der Waals surface area contributed by atoms with Crippen molar-refractivity contribution in [3.05, 3.63) is 47.8 Å². The number of hydrogen-bond acceptors (Lipinski definition) is 2. The minimum Gasteiger partial charge on any atom is -0.278 e. The molecule has 1 saturated heterocycles. The zero-order valence-electron chi connectivity index (χ0n) is 10.4. The van der Waals surface area contributed by atoms with Crippen LogP contribution in [0.3, 0.4) is 0 Å². The number of imide groups is 1. The van der Waals surface area contributed by atoms with Crippen LogP contribution in [0.1, 0.15) is 18.4 Å². The Kier molecular flexibility index (Phi) is 2.93. The molecule has 1 aromatic carbocycles. The van der Waals surface area contributed by atoms with E-state index in [1.165, 1.54) is 17.0 Å². The second kappa shape index (κ2) is 4.61. The summed E-state index contributed by atoms with van der Waals surface area (Å²) >= 11 is 0. The molecule has 2 atom stereocenters. The molecular weight excluding hydrogens is 245 g/mol. The monoisotopic (exact) mass is 259 g/mol. The topological polar surface area (TPSA) is 37.4 Å². The molecule has 0 saturated carbocycles. The van der Waals surface area contributed by atoms with Crippen molar-refractivity contribution in [2.24, 2.45) is 11.8 Å². The van der Waals surface area contributed by atoms with Gasteiger partial charge in [0.1, 0.15) is 5.82 Å². The molecule has 0 spiro atoms. The molecule has 0 radical (unpaired) electrons. The van der Waals surface area contributed by atoms with Crippen LogP contribution in [0.25, 0.3) is 0 Å². The largest absolute Gasteiger partial charge is 0.278 e. The van der Waals surface area contributed by atoms with E-state index in [4.69, 9.17) is 0 Å². The minimum absolute atomic E-state index is 0.122. The van der Waals surface area contributed by atoms with Crippen molar-refractivity contribution in [2.45, 2.75) is 19.4 Å². The predicted octanol–water partition coefficient (Wildman–Crippen LogP) is 2.28. The van der Waals surface area contributed by atoms with Gasteiger partial charge < -0.3 is 0 Å². The maximum absolute atomic E-state index is 13.1. The van der Waals surface area contributed by atoms with Gasteiger partial charge in [0.15, 0.2) is 0 Å². The van der Waals surface area contributed by atoms with Crippen LogP contribution in [0, 0.1) is 17.7 Å². The van der Waals surface area contributed by atoms with Crippen LogP contribution in [0.2, 0.25) is 0 Å². The van der Waals surface area contributed by atoms with Gasteiger partial charge in [-0.25, -0.2) is 4.39 Å². The summed E-state index contributed by atoms with van der Waals surface area (Å²) in [5.74, 6) is -1.03. The lowest BCUT2D eigenvalue weighted by molar-refractivity contribution is -0.140. The van der Waals surface area contributed by atoms with E-state index in [2.05, 4.69) is 0 Å². The maximum Gasteiger partial charge on any atom is 0.233 e. The van der Waals surface area contributed by atoms with Gasteiger partial charge in [0.2, 0.25) is 11.8 Å². The molecule has 2 aliphatic rings. The van der Waals surface area contributed by atoms with Gasteiger partial charge in [-0.15, -0.1) is 0 Å². The first kappa shape index (κ1) is 12.1. The molecule has 1 aliphatic heterocycles. The molecular formula is C15H14FNO2. The lowest BCUT2D eigenvalue weighted by atomic mass is 9.85. The van der Waals surface area contributed by atoms with Gasteiger partial charge in [-0.2, -0.15) is 0 Å². The number of likely N-dealkylation sites (tertiary alicyclic amines) is 1. The van der Waals surface area contributed by atoms with Crippen LogP contribution in [-0.2, 0) is 16.1 Å². The Balaban J connectivity index is 1.82. The molecule has 0 N–H and O–H groups in total. The fourth-order valence-electron chi connectivity index (χ4n) is 2.84. The van der Waals surface area contributed by atoms with E-state index < -0.39 is 0 Å². The van der Waals surface area contributed by atoms with Crippen LogP contribution in [0.4, 0.5) is 4.39 Å². The van der Waals surface area contributed by atoms with E-state index >= 15 is 0 Å². The molecule has 3 nitrogen and oxygen atoms in total. The molecule has 1 aliphatic carbocycles. The number of carbonyl (C=O) groups excluding carboxylic acids is 2. The van der Waals surface area contributed by atoms with Crippen LogP contribution in [0.5, 0.6) is 0 Å². The average Bonchev–Trinajstić information content (AvgIpc) is 2.65. The number of amides is 2. The first-order valence-corrected chi connectivity index (χ1v) is 6.41. The highest BCUT2D eigenvalue weighted by molar-refractivity contribution is 6.05. The fourth-order valence-corrected chi connectivity index (χ4v) is 2.84. The molecule has 2 amide bonds. The quantitative estimate of drug-likeness (QED) is 0.603. The second-order valence-electron chi connectivity index (χ2n) is 5.05. The zero-order valence-corrected chi connectivity index (χ0v) is 10.4. The third kappa shape index (κ3) is 2.07. The Morgan fingerprint density at radius 1 is 1.11 bits per heavy atom. The van der Waals surface area contributed by atoms with Crippen LogP contribution < -0.4 is 0 Å². The summed E-state index contributed by atoms with van der Waals surface area (Å²) in [7, 11) is 0. The summed E-state index contributed by atoms with van der Waals surface area (Å²) in [6.07, 6.45) is 5.18. The summed E-state index contributed by atoms with van der Waals surface area (Å²) in [5.41, 5.74) is 0.647. The number of benzene rings is 1. The molecule has 0 bridgehead atoms. The Labute approximate surface area is 110 Å². The van der Waals surface area contributed by atoms with Gasteiger partial charge in [-0.1, -0.05) is 24.3 Å². The predicted molar refractivity (Wildman–Crippen MR) is 67.3 cm³/mol. The van der Waals surface area contributed by atoms with Crippen molar-refractivity contribution >= 4 is 11.8 Å². The first-order valence-electron chi connectivity index (χ1n) is 6.41. The van der Waals surface area contributed by atoms with Gasteiger partial charge in [-0.05, 0) is 30.5 Å². The van der Waals surface area contributed by atoms with Gasteiger partial charge in [-0.3, -0.25) is 14.5 Å². The van der Waals surface area contributed by atoms with E-state index in [-0.39, 0.29) is 36.0 Å². The average molecular weight is 259 g/mol. The van der Waals surface area contributed by atoms with Gasteiger partial charge in [0.05, 0.1) is 18.4 Å². The number of allylic oxidation sites excluding steroid dienone is 2. The second-order valence-corrected chi connectivity index (χ2v) is 5.05. The summed E-state index contributed by atoms with van der Waals surface area (Å²) < 4.78 is 13.1. The van der Waals surface area contributed by atoms with E-state index in [1.807, 2.05) is 12.2 Å². The zero-order chi connectivity index (χ0) is 13.4. The highest BCUT2D eigenvalue weighted by Crippen LogP contribution is 2.35. The number of halogens is 1. The Morgan fingerprint density at radius 3 is 2.32 bits per heavy atom. The normalized spacial score (nSPS) is 25.8. The van der Waals surface area contributed by atoms with E-state index in [0.717, 1.165) is 0 Å². The van der Waals surface area contributed by atoms with Crippen molar-refractivity contribution in [1.82, 2.24) is 4.90 Å². The van der Waals surface area contributed by atoms with E-state index in [9.17, 15) is 14.0 Å². The van der Waals surface area contributed by atoms with Crippen molar-refractivity contribution < 1.29 is 14.0 Å². The number of fused-ring (bicyclic) bond motifs is 1. The third-order valence-corrected chi connectivity index (χ3v) is 3.83. The van der Waals surface area contributed by atoms with E-state index in [1.54, 1.807) is 12.1 Å². The number of rotatable bonds is 2. The van der Waals surface area contributed by atoms with Crippen LogP contribution >= 0.6 is 0 Å². The highest BCUT2D eigenvalue weighted by atomic mass is 19.1. The molecule has 3 rings (SSSR count). The summed E-state index contributed by atoms with van der Waals surface area (Å²) in [6.45, 7) is 0.169. The highest BCUT2D eigenvalue weighted by Gasteiger charge is 2.46. The number of hydrogen-bond donors (Lipinski definition) is 0. The van der Waals surface area contributed by atoms with Crippen molar-refractivity contribution in [1.29, 1.82) is 0 Å². The van der Waals surface area contributed by atoms with Crippen LogP contribution in [-0.4, -0.2) is 16.7 Å². The number of carbonyl (C=O) groups is 2. The first-order chi connectivity index (χ1) is 9.16. The summed E-state index contributed by atoms with van der Waals surface area (Å²) in [6, 6.07) is 6.02. The molecule has 1 fully saturated rings. The maximum atomic E-state index is 13.1. The molecule has 2 unspecified atom stereocenters. The van der Waals surface area contributed by atoms with Gasteiger partial charge in [0, 0.05) is 0 Å². The Morgan fingerprint density at radius 2 is 1.74 bits per heavy atom. The van der Waals surface area contributed by atoms with Crippen molar-refractivity contribution in [2.75, 3.05) is 0 Å². The Bertz CT molecular complexity index is 541. The summed E-state index contributed by atoms with van der Waals surface area (Å²) in [5, 5.41) is 0. The minimum atomic E-state index is -0.351. The summed E-state index contributed by atoms with van der Waals surface area (Å²) in [4.78, 5) is 25.7. The standard InChI is InChI=1S/C15H14FNO2/c16-11-5-3-4-10(8-11)9-17-14(18)12-6-1-2-7-13(12)15(17)19/h1-5,8,12-13H,6-7,9H2. The molecule has 4 heteroatoms. The molecule has 98 valence electrons. The Hall–Kier alpha value is -1.97. The third-order valence-electron chi connectivity index (χ3n) is 3.83. The van der Waals surface area contributed by atoms with Gasteiger partial charge in [0.25, 0.3) is 0 Å². The fraction of sp³-hybridized carbons (Fsp3) is 0.333. The molecule has 1 heterocycles. The lowest BCUT2D eigenvalue weighted by Gasteiger charge is -2.14. The lowest BCUT2D eigenvalue weighted by Crippen LogP contribution is -2.30. The van der Waals surface area contributed by atoms with Gasteiger partial charge >= 0.3 is 0 Å². The number of nitrogens with zero attached hydrogens (tertiary/aromatic N) is 1. The van der Waals surface area contributed by atoms with Crippen LogP contribution in [0.15, 0.2) is 36.4 Å². The smallest absolute Gasteiger partial charge is 0.233 e. The molecule has 19 heavy (non-hydrogen) atoms. The van der Waals surface area contributed by atoms with Crippen molar-refractivity contribution in [3.8, 4) is 0 Å². The molecule has 0 aromatic heterocycles.